The zero-order valence-corrected chi connectivity index (χ0v) is 26.8. The van der Waals surface area contributed by atoms with Gasteiger partial charge < -0.3 is 22.1 Å². The van der Waals surface area contributed by atoms with Gasteiger partial charge in [-0.25, -0.2) is 0 Å². The van der Waals surface area contributed by atoms with Crippen LogP contribution in [0.15, 0.2) is 182 Å². The van der Waals surface area contributed by atoms with Crippen molar-refractivity contribution < 1.29 is 26.9 Å². The third-order valence-corrected chi connectivity index (χ3v) is 13.0. The first-order valence-corrected chi connectivity index (χ1v) is 16.5. The minimum Gasteiger partial charge on any atom is -1.00 e. The lowest BCUT2D eigenvalue weighted by molar-refractivity contribution is -0.0000160. The second kappa shape index (κ2) is 14.1. The number of halogens is 1. The van der Waals surface area contributed by atoms with Gasteiger partial charge in [-0.3, -0.25) is 4.79 Å². The van der Waals surface area contributed by atoms with Crippen LogP contribution in [0.2, 0.25) is 0 Å². The average Bonchev–Trinajstić information content (AvgIpc) is 3.10. The van der Waals surface area contributed by atoms with Gasteiger partial charge >= 0.3 is 0 Å². The van der Waals surface area contributed by atoms with E-state index in [9.17, 15) is 9.90 Å². The lowest BCUT2D eigenvalue weighted by Crippen LogP contribution is -3.00. The van der Waals surface area contributed by atoms with E-state index >= 15 is 0 Å². The van der Waals surface area contributed by atoms with Crippen LogP contribution < -0.4 is 32.9 Å². The molecule has 0 amide bonds. The molecule has 0 aliphatic heterocycles. The highest BCUT2D eigenvalue weighted by Gasteiger charge is 2.56. The SMILES string of the molecule is O=C(c1ccccc1)C(O)(CC(c1ccccc1)[P+](c1ccccc1)(c1ccccc1)c1ccccc1)c1ccccc1.[Br-]. The molecule has 0 radical (unpaired) electrons. The van der Waals surface area contributed by atoms with Crippen LogP contribution in [0.3, 0.4) is 0 Å². The molecule has 44 heavy (non-hydrogen) atoms. The highest BCUT2D eigenvalue weighted by Crippen LogP contribution is 2.69. The van der Waals surface area contributed by atoms with E-state index in [1.807, 2.05) is 72.8 Å². The van der Waals surface area contributed by atoms with Gasteiger partial charge in [0.05, 0.1) is 0 Å². The van der Waals surface area contributed by atoms with Crippen molar-refractivity contribution in [2.24, 2.45) is 0 Å². The molecule has 0 spiro atoms. The molecule has 0 aromatic heterocycles. The molecule has 6 rings (SSSR count). The Kier molecular flexibility index (Phi) is 10.0. The fraction of sp³-hybridized carbons (Fsp3) is 0.0750. The molecule has 0 aliphatic rings. The van der Waals surface area contributed by atoms with Gasteiger partial charge in [0.1, 0.15) is 28.8 Å². The number of carbonyl (C=O) groups excluding carboxylic acids is 1. The number of Topliss-reactive ketones (excluding diaryl/α,β-unsaturated/α-hetero) is 1. The maximum atomic E-state index is 14.5. The maximum Gasteiger partial charge on any atom is 0.199 e. The molecule has 0 fully saturated rings. The minimum absolute atomic E-state index is 0. The van der Waals surface area contributed by atoms with E-state index in [2.05, 4.69) is 97.1 Å². The summed E-state index contributed by atoms with van der Waals surface area (Å²) in [4.78, 5) is 14.5. The molecule has 2 nitrogen and oxygen atoms in total. The number of rotatable bonds is 10. The van der Waals surface area contributed by atoms with Crippen molar-refractivity contribution in [2.75, 3.05) is 0 Å². The summed E-state index contributed by atoms with van der Waals surface area (Å²) >= 11 is 0. The highest BCUT2D eigenvalue weighted by atomic mass is 79.9. The smallest absolute Gasteiger partial charge is 0.199 e. The van der Waals surface area contributed by atoms with Gasteiger partial charge in [-0.15, -0.1) is 0 Å². The van der Waals surface area contributed by atoms with Crippen molar-refractivity contribution in [3.05, 3.63) is 199 Å². The molecule has 0 saturated carbocycles. The van der Waals surface area contributed by atoms with E-state index in [0.29, 0.717) is 11.1 Å². The molecular formula is C40H34BrO2P. The molecule has 4 heteroatoms. The number of hydrogen-bond acceptors (Lipinski definition) is 2. The Bertz CT molecular complexity index is 1650. The van der Waals surface area contributed by atoms with E-state index in [4.69, 9.17) is 0 Å². The third kappa shape index (κ3) is 5.97. The fourth-order valence-corrected chi connectivity index (χ4v) is 11.4. The molecule has 218 valence electrons. The Hall–Kier alpha value is -4.14. The lowest BCUT2D eigenvalue weighted by Gasteiger charge is -2.39. The first-order chi connectivity index (χ1) is 21.1. The van der Waals surface area contributed by atoms with Gasteiger partial charge in [0.2, 0.25) is 0 Å². The third-order valence-electron chi connectivity index (χ3n) is 8.29. The van der Waals surface area contributed by atoms with E-state index in [1.165, 1.54) is 15.9 Å². The predicted octanol–water partition coefficient (Wildman–Crippen LogP) is 4.89. The number of benzene rings is 6. The van der Waals surface area contributed by atoms with Crippen LogP contribution in [-0.4, -0.2) is 10.9 Å². The Morgan fingerprint density at radius 3 is 1.27 bits per heavy atom. The van der Waals surface area contributed by atoms with Crippen molar-refractivity contribution in [1.29, 1.82) is 0 Å². The van der Waals surface area contributed by atoms with Crippen LogP contribution in [0.5, 0.6) is 0 Å². The number of ketones is 1. The maximum absolute atomic E-state index is 14.5. The molecule has 0 saturated heterocycles. The van der Waals surface area contributed by atoms with Crippen LogP contribution in [0.1, 0.15) is 33.6 Å². The second-order valence-corrected chi connectivity index (χ2v) is 14.4. The van der Waals surface area contributed by atoms with Crippen LogP contribution in [-0.2, 0) is 5.60 Å². The van der Waals surface area contributed by atoms with Crippen LogP contribution in [0.4, 0.5) is 0 Å². The number of carbonyl (C=O) groups is 1. The summed E-state index contributed by atoms with van der Waals surface area (Å²) in [7, 11) is -2.55. The molecular weight excluding hydrogens is 623 g/mol. The average molecular weight is 658 g/mol. The quantitative estimate of drug-likeness (QED) is 0.169. The van der Waals surface area contributed by atoms with Crippen LogP contribution in [0.25, 0.3) is 0 Å². The van der Waals surface area contributed by atoms with Gasteiger partial charge in [-0.1, -0.05) is 146 Å². The first-order valence-electron chi connectivity index (χ1n) is 14.6. The molecule has 0 heterocycles. The van der Waals surface area contributed by atoms with Crippen molar-refractivity contribution in [3.8, 4) is 0 Å². The summed E-state index contributed by atoms with van der Waals surface area (Å²) in [6.07, 6.45) is 0.196. The Morgan fingerprint density at radius 1 is 0.523 bits per heavy atom. The summed E-state index contributed by atoms with van der Waals surface area (Å²) in [5.41, 5.74) is 0.148. The van der Waals surface area contributed by atoms with Gasteiger partial charge in [0, 0.05) is 12.0 Å². The fourth-order valence-electron chi connectivity index (χ4n) is 6.29. The summed E-state index contributed by atoms with van der Waals surface area (Å²) in [5.74, 6) is -0.299. The normalized spacial score (nSPS) is 13.2. The van der Waals surface area contributed by atoms with E-state index in [0.717, 1.165) is 5.56 Å². The molecule has 6 aromatic carbocycles. The summed E-state index contributed by atoms with van der Waals surface area (Å²) in [6.45, 7) is 0. The highest BCUT2D eigenvalue weighted by molar-refractivity contribution is 7.96. The van der Waals surface area contributed by atoms with Crippen molar-refractivity contribution in [2.45, 2.75) is 17.7 Å². The molecule has 1 N–H and O–H groups in total. The second-order valence-electron chi connectivity index (χ2n) is 10.8. The van der Waals surface area contributed by atoms with Gasteiger partial charge in [0.25, 0.3) is 0 Å². The molecule has 0 aliphatic carbocycles. The monoisotopic (exact) mass is 656 g/mol. The van der Waals surface area contributed by atoms with Crippen molar-refractivity contribution in [3.63, 3.8) is 0 Å². The minimum atomic E-state index is -2.55. The van der Waals surface area contributed by atoms with Crippen molar-refractivity contribution >= 4 is 29.0 Å². The van der Waals surface area contributed by atoms with Crippen LogP contribution in [0, 0.1) is 0 Å². The largest absolute Gasteiger partial charge is 1.00 e. The summed E-state index contributed by atoms with van der Waals surface area (Å²) < 4.78 is 0. The van der Waals surface area contributed by atoms with Gasteiger partial charge in [-0.05, 0) is 47.5 Å². The zero-order valence-electron chi connectivity index (χ0n) is 24.3. The number of aliphatic hydroxyl groups is 1. The Labute approximate surface area is 271 Å². The number of hydrogen-bond donors (Lipinski definition) is 1. The Morgan fingerprint density at radius 2 is 0.864 bits per heavy atom. The molecule has 0 bridgehead atoms. The van der Waals surface area contributed by atoms with Gasteiger partial charge in [-0.2, -0.15) is 0 Å². The predicted molar refractivity (Wildman–Crippen MR) is 180 cm³/mol. The van der Waals surface area contributed by atoms with E-state index in [-0.39, 0.29) is 34.8 Å². The summed E-state index contributed by atoms with van der Waals surface area (Å²) in [6, 6.07) is 61.0. The standard InChI is InChI=1S/C40H34O2P.BrH/c41-39(33-21-9-2-10-22-33)40(42,34-23-11-3-12-24-34)31-38(32-19-7-1-8-20-32)43(35-25-13-4-14-26-35,36-27-15-5-16-28-36)37-29-17-6-18-30-37;/h1-30,38,42H,31H2;1H/q+1;/p-1. The molecule has 6 aromatic rings. The topological polar surface area (TPSA) is 37.3 Å². The lowest BCUT2D eigenvalue weighted by atomic mass is 9.81. The van der Waals surface area contributed by atoms with E-state index < -0.39 is 12.9 Å². The zero-order chi connectivity index (χ0) is 29.5. The van der Waals surface area contributed by atoms with E-state index in [1.54, 1.807) is 12.1 Å². The molecule has 2 atom stereocenters. The Balaban J connectivity index is 0.00000384. The molecule has 2 unspecified atom stereocenters. The first kappa shape index (κ1) is 31.3. The van der Waals surface area contributed by atoms with Gasteiger partial charge in [0.15, 0.2) is 11.4 Å². The van der Waals surface area contributed by atoms with Crippen molar-refractivity contribution in [1.82, 2.24) is 0 Å². The van der Waals surface area contributed by atoms with Crippen LogP contribution >= 0.6 is 7.26 Å². The summed E-state index contributed by atoms with van der Waals surface area (Å²) in [5, 5.41) is 16.5.